The Balaban J connectivity index is 2.25. The molecule has 5 atom stereocenters. The highest BCUT2D eigenvalue weighted by molar-refractivity contribution is 6.31. The monoisotopic (exact) mass is 567 g/mol. The third-order valence-corrected chi connectivity index (χ3v) is 7.62. The molecule has 1 saturated heterocycles. The van der Waals surface area contributed by atoms with E-state index in [-0.39, 0.29) is 29.3 Å². The van der Waals surface area contributed by atoms with Crippen LogP contribution in [0.5, 0.6) is 0 Å². The quantitative estimate of drug-likeness (QED) is 0.277. The Morgan fingerprint density at radius 1 is 1.26 bits per heavy atom. The molecule has 1 aliphatic rings. The second-order valence-corrected chi connectivity index (χ2v) is 11.9. The van der Waals surface area contributed by atoms with Crippen LogP contribution >= 0.6 is 23.2 Å². The maximum absolute atomic E-state index is 15.0. The summed E-state index contributed by atoms with van der Waals surface area (Å²) in [5.74, 6) is -1.82. The van der Waals surface area contributed by atoms with Crippen LogP contribution in [0.4, 0.5) is 10.1 Å². The molecule has 10 heteroatoms. The van der Waals surface area contributed by atoms with Gasteiger partial charge >= 0.3 is 0 Å². The molecule has 0 radical (unpaired) electrons. The van der Waals surface area contributed by atoms with E-state index in [4.69, 9.17) is 28.3 Å². The number of aldehydes is 1. The van der Waals surface area contributed by atoms with Gasteiger partial charge in [0, 0.05) is 36.3 Å². The fraction of sp³-hybridized carbons (Fsp3) is 0.500. The zero-order valence-corrected chi connectivity index (χ0v) is 23.5. The Morgan fingerprint density at radius 2 is 1.97 bits per heavy atom. The zero-order valence-electron chi connectivity index (χ0n) is 22.0. The van der Waals surface area contributed by atoms with E-state index in [0.29, 0.717) is 28.3 Å². The number of aliphatic hydroxyl groups excluding tert-OH is 2. The van der Waals surface area contributed by atoms with Crippen LogP contribution in [-0.4, -0.2) is 60.8 Å². The van der Waals surface area contributed by atoms with Gasteiger partial charge in [0.15, 0.2) is 0 Å². The number of halogens is 3. The molecule has 2 aromatic rings. The van der Waals surface area contributed by atoms with Gasteiger partial charge < -0.3 is 31.0 Å². The summed E-state index contributed by atoms with van der Waals surface area (Å²) >= 11 is 12.5. The van der Waals surface area contributed by atoms with Crippen LogP contribution in [0.2, 0.25) is 10.0 Å². The van der Waals surface area contributed by atoms with Crippen molar-refractivity contribution in [1.29, 1.82) is 0 Å². The molecule has 1 amide bonds. The third-order valence-electron chi connectivity index (χ3n) is 7.09. The summed E-state index contributed by atoms with van der Waals surface area (Å²) in [5, 5.41) is 28.4. The predicted molar refractivity (Wildman–Crippen MR) is 148 cm³/mol. The summed E-state index contributed by atoms with van der Waals surface area (Å²) in [4.78, 5) is 27.0. The molecule has 38 heavy (non-hydrogen) atoms. The van der Waals surface area contributed by atoms with Crippen molar-refractivity contribution in [3.05, 3.63) is 63.4 Å². The van der Waals surface area contributed by atoms with Crippen LogP contribution < -0.4 is 16.0 Å². The van der Waals surface area contributed by atoms with Crippen molar-refractivity contribution in [2.75, 3.05) is 25.5 Å². The number of nitrogens with one attached hydrogen (secondary N) is 3. The normalized spacial score (nSPS) is 24.2. The minimum atomic E-state index is -1.38. The Kier molecular flexibility index (Phi) is 9.81. The van der Waals surface area contributed by atoms with Gasteiger partial charge in [0.25, 0.3) is 0 Å². The topological polar surface area (TPSA) is 111 Å². The molecule has 5 N–H and O–H groups in total. The molecule has 0 bridgehead atoms. The summed E-state index contributed by atoms with van der Waals surface area (Å²) in [6.07, 6.45) is 0.499. The number of anilines is 1. The van der Waals surface area contributed by atoms with Gasteiger partial charge in [-0.3, -0.25) is 4.79 Å². The van der Waals surface area contributed by atoms with Gasteiger partial charge in [-0.25, -0.2) is 4.39 Å². The van der Waals surface area contributed by atoms with E-state index in [1.54, 1.807) is 31.3 Å². The van der Waals surface area contributed by atoms with Crippen molar-refractivity contribution >= 4 is 41.1 Å². The smallest absolute Gasteiger partial charge is 0.237 e. The largest absolute Gasteiger partial charge is 0.394 e. The molecule has 1 heterocycles. The summed E-state index contributed by atoms with van der Waals surface area (Å²) < 4.78 is 15.0. The van der Waals surface area contributed by atoms with Crippen molar-refractivity contribution in [2.45, 2.75) is 63.1 Å². The lowest BCUT2D eigenvalue weighted by Crippen LogP contribution is -2.47. The van der Waals surface area contributed by atoms with Gasteiger partial charge in [-0.2, -0.15) is 0 Å². The summed E-state index contributed by atoms with van der Waals surface area (Å²) in [5.41, 5.74) is -0.139. The Morgan fingerprint density at radius 3 is 2.55 bits per heavy atom. The van der Waals surface area contributed by atoms with E-state index in [9.17, 15) is 14.7 Å². The second-order valence-electron chi connectivity index (χ2n) is 11.0. The molecule has 1 aliphatic heterocycles. The number of benzene rings is 2. The zero-order chi connectivity index (χ0) is 28.3. The number of rotatable bonds is 10. The van der Waals surface area contributed by atoms with E-state index >= 15 is 4.39 Å². The maximum Gasteiger partial charge on any atom is 0.237 e. The predicted octanol–water partition coefficient (Wildman–Crippen LogP) is 4.03. The fourth-order valence-electron chi connectivity index (χ4n) is 5.43. The standard InChI is InChI=1S/C28H36Cl2FN3O4/c1-27(2,3)13-23-28(15-36,19-11-21(31)20(30)12-22(19)32-4)24(16-6-5-7-17(29)10-16)25(34-23)26(38)33-9-8-18(37)14-35/h5-7,10-12,15,18,23-25,32,34-35,37H,8-9,13-14H2,1-4H3,(H,33,38). The van der Waals surface area contributed by atoms with Crippen molar-refractivity contribution in [1.82, 2.24) is 10.6 Å². The maximum atomic E-state index is 15.0. The SMILES string of the molecule is CNc1cc(Cl)c(F)cc1C1(C=O)C(CC(C)(C)C)NC(C(=O)NCCC(O)CO)C1c1cccc(Cl)c1. The summed E-state index contributed by atoms with van der Waals surface area (Å²) in [7, 11) is 1.66. The molecule has 0 aliphatic carbocycles. The van der Waals surface area contributed by atoms with Gasteiger partial charge in [0.2, 0.25) is 5.91 Å². The van der Waals surface area contributed by atoms with Crippen LogP contribution in [0.3, 0.4) is 0 Å². The first-order valence-corrected chi connectivity index (χ1v) is 13.3. The minimum Gasteiger partial charge on any atom is -0.394 e. The van der Waals surface area contributed by atoms with Crippen LogP contribution in [0, 0.1) is 11.2 Å². The Bertz CT molecular complexity index is 1160. The Hall–Kier alpha value is -2.23. The van der Waals surface area contributed by atoms with Gasteiger partial charge in [0.1, 0.15) is 12.1 Å². The van der Waals surface area contributed by atoms with Gasteiger partial charge in [-0.15, -0.1) is 0 Å². The number of carbonyl (C=O) groups excluding carboxylic acids is 2. The highest BCUT2D eigenvalue weighted by Gasteiger charge is 2.60. The van der Waals surface area contributed by atoms with E-state index in [2.05, 4.69) is 16.0 Å². The molecule has 208 valence electrons. The van der Waals surface area contributed by atoms with Gasteiger partial charge in [0.05, 0.1) is 29.2 Å². The van der Waals surface area contributed by atoms with E-state index in [0.717, 1.165) is 6.29 Å². The molecule has 5 unspecified atom stereocenters. The molecule has 2 aromatic carbocycles. The summed E-state index contributed by atoms with van der Waals surface area (Å²) in [6, 6.07) is 8.24. The average Bonchev–Trinajstić information content (AvgIpc) is 3.18. The van der Waals surface area contributed by atoms with Gasteiger partial charge in [-0.1, -0.05) is 56.1 Å². The van der Waals surface area contributed by atoms with Crippen LogP contribution in [0.15, 0.2) is 36.4 Å². The number of aliphatic hydroxyl groups is 2. The highest BCUT2D eigenvalue weighted by atomic mass is 35.5. The lowest BCUT2D eigenvalue weighted by Gasteiger charge is -2.39. The van der Waals surface area contributed by atoms with Crippen molar-refractivity contribution in [2.24, 2.45) is 5.41 Å². The van der Waals surface area contributed by atoms with Crippen molar-refractivity contribution in [3.8, 4) is 0 Å². The second kappa shape index (κ2) is 12.3. The van der Waals surface area contributed by atoms with Crippen LogP contribution in [0.1, 0.15) is 50.7 Å². The minimum absolute atomic E-state index is 0.0893. The molecule has 0 saturated carbocycles. The third kappa shape index (κ3) is 6.32. The fourth-order valence-corrected chi connectivity index (χ4v) is 5.79. The average molecular weight is 569 g/mol. The molecule has 0 aromatic heterocycles. The molecular formula is C28H36Cl2FN3O4. The van der Waals surface area contributed by atoms with Crippen molar-refractivity contribution in [3.63, 3.8) is 0 Å². The molecule has 1 fully saturated rings. The van der Waals surface area contributed by atoms with Crippen LogP contribution in [0.25, 0.3) is 0 Å². The first-order valence-electron chi connectivity index (χ1n) is 12.6. The van der Waals surface area contributed by atoms with E-state index in [1.165, 1.54) is 12.1 Å². The lowest BCUT2D eigenvalue weighted by molar-refractivity contribution is -0.123. The van der Waals surface area contributed by atoms with Crippen molar-refractivity contribution < 1.29 is 24.2 Å². The first-order chi connectivity index (χ1) is 17.9. The van der Waals surface area contributed by atoms with Gasteiger partial charge in [-0.05, 0) is 53.6 Å². The first kappa shape index (κ1) is 30.3. The van der Waals surface area contributed by atoms with E-state index < -0.39 is 41.9 Å². The molecule has 3 rings (SSSR count). The Labute approximate surface area is 233 Å². The molecular weight excluding hydrogens is 532 g/mol. The number of amides is 1. The summed E-state index contributed by atoms with van der Waals surface area (Å²) in [6.45, 7) is 5.80. The number of carbonyl (C=O) groups is 2. The lowest BCUT2D eigenvalue weighted by atomic mass is 9.62. The highest BCUT2D eigenvalue weighted by Crippen LogP contribution is 2.52. The number of hydrogen-bond acceptors (Lipinski definition) is 6. The number of hydrogen-bond donors (Lipinski definition) is 5. The van der Waals surface area contributed by atoms with Crippen LogP contribution in [-0.2, 0) is 15.0 Å². The molecule has 7 nitrogen and oxygen atoms in total. The molecule has 0 spiro atoms. The van der Waals surface area contributed by atoms with E-state index in [1.807, 2.05) is 20.8 Å².